The summed E-state index contributed by atoms with van der Waals surface area (Å²) >= 11 is 11.0. The van der Waals surface area contributed by atoms with Gasteiger partial charge in [-0.15, -0.1) is 0 Å². The molecule has 16 heavy (non-hydrogen) atoms. The molecular weight excluding hydrogens is 265 g/mol. The van der Waals surface area contributed by atoms with Crippen molar-refractivity contribution >= 4 is 34.9 Å². The average Bonchev–Trinajstić information content (AvgIpc) is 2.13. The molecule has 6 N–H and O–H groups in total. The lowest BCUT2D eigenvalue weighted by Crippen LogP contribution is -2.25. The number of halogens is 4. The molecule has 1 rings (SSSR count). The highest BCUT2D eigenvalue weighted by atomic mass is 35.5. The van der Waals surface area contributed by atoms with Crippen LogP contribution in [0, 0.1) is 0 Å². The van der Waals surface area contributed by atoms with Crippen LogP contribution < -0.4 is 11.9 Å². The van der Waals surface area contributed by atoms with Crippen LogP contribution in [-0.2, 0) is 10.7 Å². The van der Waals surface area contributed by atoms with Crippen molar-refractivity contribution in [1.82, 2.24) is 6.15 Å². The number of rotatable bonds is 2. The Morgan fingerprint density at radius 3 is 2.25 bits per heavy atom. The maximum atomic E-state index is 13.1. The summed E-state index contributed by atoms with van der Waals surface area (Å²) in [7, 11) is 0. The van der Waals surface area contributed by atoms with Gasteiger partial charge < -0.3 is 17.0 Å². The molecule has 0 fully saturated rings. The van der Waals surface area contributed by atoms with E-state index in [4.69, 9.17) is 34.0 Å². The van der Waals surface area contributed by atoms with E-state index in [2.05, 4.69) is 0 Å². The third kappa shape index (κ3) is 2.34. The molecule has 1 aromatic carbocycles. The molecule has 1 aromatic rings. The van der Waals surface area contributed by atoms with Crippen LogP contribution in [0.1, 0.15) is 5.56 Å². The summed E-state index contributed by atoms with van der Waals surface area (Å²) in [6.07, 6.45) is 0. The van der Waals surface area contributed by atoms with Crippen LogP contribution in [0.4, 0.5) is 14.5 Å². The molecule has 0 aromatic heterocycles. The quantitative estimate of drug-likeness (QED) is 0.721. The highest BCUT2D eigenvalue weighted by Crippen LogP contribution is 2.39. The zero-order valence-electron chi connectivity index (χ0n) is 7.81. The first-order valence-corrected chi connectivity index (χ1v) is 4.39. The Morgan fingerprint density at radius 1 is 1.31 bits per heavy atom. The van der Waals surface area contributed by atoms with Crippen LogP contribution in [0.3, 0.4) is 0 Å². The molecule has 0 unspecified atom stereocenters. The topological polar surface area (TPSA) is 98.3 Å². The number of alkyl halides is 2. The number of anilines is 1. The molecule has 0 aliphatic rings. The van der Waals surface area contributed by atoms with E-state index in [0.29, 0.717) is 0 Å². The van der Waals surface area contributed by atoms with E-state index in [1.54, 1.807) is 0 Å². The van der Waals surface area contributed by atoms with E-state index >= 15 is 0 Å². The van der Waals surface area contributed by atoms with Gasteiger partial charge in [-0.2, -0.15) is 8.78 Å². The first-order valence-electron chi connectivity index (χ1n) is 3.63. The fraction of sp³-hybridized carbons (Fsp3) is 0.125. The number of hydrogen-bond donors (Lipinski definition) is 3. The zero-order valence-corrected chi connectivity index (χ0v) is 9.32. The number of carbonyl (C=O) groups is 1. The Morgan fingerprint density at radius 2 is 1.81 bits per heavy atom. The van der Waals surface area contributed by atoms with Crippen LogP contribution in [0.5, 0.6) is 0 Å². The molecule has 8 heteroatoms. The maximum absolute atomic E-state index is 13.1. The Balaban J connectivity index is 0.00000225. The first kappa shape index (κ1) is 14.9. The highest BCUT2D eigenvalue weighted by Gasteiger charge is 2.43. The van der Waals surface area contributed by atoms with Crippen molar-refractivity contribution in [2.24, 2.45) is 0 Å². The van der Waals surface area contributed by atoms with Crippen LogP contribution in [0.25, 0.3) is 0 Å². The molecule has 0 radical (unpaired) electrons. The molecule has 0 spiro atoms. The van der Waals surface area contributed by atoms with E-state index in [1.807, 2.05) is 0 Å². The summed E-state index contributed by atoms with van der Waals surface area (Å²) in [6, 6.07) is 1.90. The molecular formula is C8H8Cl2F2N2O2. The predicted molar refractivity (Wildman–Crippen MR) is 57.4 cm³/mol. The number of hydrogen-bond acceptors (Lipinski definition) is 3. The highest BCUT2D eigenvalue weighted by molar-refractivity contribution is 6.44. The summed E-state index contributed by atoms with van der Waals surface area (Å²) in [6.45, 7) is 0. The first-order chi connectivity index (χ1) is 6.78. The van der Waals surface area contributed by atoms with Gasteiger partial charge in [-0.1, -0.05) is 23.2 Å². The SMILES string of the molecule is N.Nc1ccc(C(F)(F)C(=O)O)c(Cl)c1Cl. The predicted octanol–water partition coefficient (Wildman–Crippen LogP) is 2.91. The van der Waals surface area contributed by atoms with Gasteiger partial charge in [0.25, 0.3) is 0 Å². The van der Waals surface area contributed by atoms with Crippen LogP contribution in [0.15, 0.2) is 12.1 Å². The van der Waals surface area contributed by atoms with Crippen LogP contribution >= 0.6 is 23.2 Å². The summed E-state index contributed by atoms with van der Waals surface area (Å²) in [5.41, 5.74) is 4.43. The molecule has 90 valence electrons. The van der Waals surface area contributed by atoms with Gasteiger partial charge in [-0.05, 0) is 12.1 Å². The van der Waals surface area contributed by atoms with Gasteiger partial charge in [0.05, 0.1) is 21.3 Å². The second kappa shape index (κ2) is 4.82. The summed E-state index contributed by atoms with van der Waals surface area (Å²) in [5, 5.41) is 7.46. The average molecular weight is 273 g/mol. The summed E-state index contributed by atoms with van der Waals surface area (Å²) < 4.78 is 26.1. The van der Waals surface area contributed by atoms with Crippen LogP contribution in [0.2, 0.25) is 10.0 Å². The lowest BCUT2D eigenvalue weighted by molar-refractivity contribution is -0.166. The van der Waals surface area contributed by atoms with E-state index in [9.17, 15) is 13.6 Å². The van der Waals surface area contributed by atoms with Crippen molar-refractivity contribution in [2.75, 3.05) is 5.73 Å². The number of carboxylic acids is 1. The molecule has 0 saturated carbocycles. The minimum absolute atomic E-state index is 0. The standard InChI is InChI=1S/C8H5Cl2F2NO2.H3N/c9-5-3(8(11,12)7(14)15)1-2-4(13)6(5)10;/h1-2H,13H2,(H,14,15);1H3. The Labute approximate surface area is 99.5 Å². The van der Waals surface area contributed by atoms with E-state index in [-0.39, 0.29) is 16.9 Å². The van der Waals surface area contributed by atoms with Gasteiger partial charge in [-0.3, -0.25) is 0 Å². The van der Waals surface area contributed by atoms with Crippen molar-refractivity contribution in [3.8, 4) is 0 Å². The Hall–Kier alpha value is -1.11. The minimum atomic E-state index is -4.09. The van der Waals surface area contributed by atoms with E-state index in [0.717, 1.165) is 12.1 Å². The smallest absolute Gasteiger partial charge is 0.379 e. The molecule has 0 atom stereocenters. The zero-order chi connectivity index (χ0) is 11.8. The number of benzene rings is 1. The minimum Gasteiger partial charge on any atom is -0.477 e. The lowest BCUT2D eigenvalue weighted by Gasteiger charge is -2.14. The fourth-order valence-corrected chi connectivity index (χ4v) is 1.38. The summed E-state index contributed by atoms with van der Waals surface area (Å²) in [5.74, 6) is -6.39. The molecule has 0 aliphatic heterocycles. The second-order valence-corrected chi connectivity index (χ2v) is 3.47. The molecule has 0 saturated heterocycles. The van der Waals surface area contributed by atoms with Gasteiger partial charge >= 0.3 is 11.9 Å². The fourth-order valence-electron chi connectivity index (χ4n) is 0.922. The van der Waals surface area contributed by atoms with Crippen molar-refractivity contribution in [1.29, 1.82) is 0 Å². The van der Waals surface area contributed by atoms with Crippen molar-refractivity contribution < 1.29 is 18.7 Å². The van der Waals surface area contributed by atoms with Gasteiger partial charge in [-0.25, -0.2) is 4.79 Å². The number of nitrogens with two attached hydrogens (primary N) is 1. The number of carboxylic acid groups (broad SMARTS) is 1. The lowest BCUT2D eigenvalue weighted by atomic mass is 10.1. The van der Waals surface area contributed by atoms with Gasteiger partial charge in [0, 0.05) is 0 Å². The normalized spacial score (nSPS) is 10.8. The molecule has 0 amide bonds. The van der Waals surface area contributed by atoms with Gasteiger partial charge in [0.2, 0.25) is 0 Å². The molecule has 0 bridgehead atoms. The second-order valence-electron chi connectivity index (χ2n) is 2.71. The van der Waals surface area contributed by atoms with Gasteiger partial charge in [0.15, 0.2) is 0 Å². The Bertz CT molecular complexity index is 427. The Kier molecular flexibility index (Phi) is 4.48. The number of aliphatic carboxylic acids is 1. The van der Waals surface area contributed by atoms with Gasteiger partial charge in [0.1, 0.15) is 0 Å². The van der Waals surface area contributed by atoms with E-state index in [1.165, 1.54) is 0 Å². The molecule has 0 heterocycles. The number of nitrogen functional groups attached to an aromatic ring is 1. The summed E-state index contributed by atoms with van der Waals surface area (Å²) in [4.78, 5) is 10.3. The largest absolute Gasteiger partial charge is 0.477 e. The van der Waals surface area contributed by atoms with Crippen molar-refractivity contribution in [3.63, 3.8) is 0 Å². The third-order valence-corrected chi connectivity index (χ3v) is 2.62. The van der Waals surface area contributed by atoms with E-state index < -0.39 is 22.5 Å². The van der Waals surface area contributed by atoms with Crippen molar-refractivity contribution in [2.45, 2.75) is 5.92 Å². The molecule has 4 nitrogen and oxygen atoms in total. The third-order valence-electron chi connectivity index (χ3n) is 1.72. The van der Waals surface area contributed by atoms with Crippen molar-refractivity contribution in [3.05, 3.63) is 27.7 Å². The molecule has 0 aliphatic carbocycles. The van der Waals surface area contributed by atoms with Crippen LogP contribution in [-0.4, -0.2) is 11.1 Å². The monoisotopic (exact) mass is 272 g/mol. The maximum Gasteiger partial charge on any atom is 0.379 e.